The van der Waals surface area contributed by atoms with Gasteiger partial charge in [-0.15, -0.1) is 0 Å². The molecule has 0 fully saturated rings. The molecule has 0 unspecified atom stereocenters. The van der Waals surface area contributed by atoms with Gasteiger partial charge in [-0.05, 0) is 54.5 Å². The van der Waals surface area contributed by atoms with Crippen LogP contribution < -0.4 is 5.32 Å². The van der Waals surface area contributed by atoms with Gasteiger partial charge in [0.2, 0.25) is 0 Å². The maximum Gasteiger partial charge on any atom is 0.272 e. The van der Waals surface area contributed by atoms with Crippen LogP contribution in [0, 0.1) is 5.82 Å². The largest absolute Gasteiger partial charge is 0.344 e. The summed E-state index contributed by atoms with van der Waals surface area (Å²) in [5.41, 5.74) is 3.98. The summed E-state index contributed by atoms with van der Waals surface area (Å²) in [6, 6.07) is 15.9. The topological polar surface area (TPSA) is 67.2 Å². The molecule has 1 atom stereocenters. The van der Waals surface area contributed by atoms with E-state index in [0.29, 0.717) is 25.3 Å². The maximum absolute atomic E-state index is 13.2. The molecular weight excluding hydrogens is 407 g/mol. The number of hydrogen-bond donors (Lipinski definition) is 1. The molecule has 5 rings (SSSR count). The van der Waals surface area contributed by atoms with Crippen molar-refractivity contribution in [2.24, 2.45) is 0 Å². The molecular formula is C25H25FN4O2. The second-order valence-corrected chi connectivity index (χ2v) is 8.46. The molecule has 7 heteroatoms. The molecule has 2 aromatic carbocycles. The van der Waals surface area contributed by atoms with Gasteiger partial charge >= 0.3 is 0 Å². The van der Waals surface area contributed by atoms with E-state index in [1.807, 2.05) is 12.1 Å². The number of rotatable bonds is 4. The highest BCUT2D eigenvalue weighted by molar-refractivity contribution is 5.98. The fourth-order valence-corrected chi connectivity index (χ4v) is 4.64. The van der Waals surface area contributed by atoms with Gasteiger partial charge in [0.05, 0.1) is 6.04 Å². The van der Waals surface area contributed by atoms with Gasteiger partial charge < -0.3 is 10.2 Å². The van der Waals surface area contributed by atoms with E-state index in [1.165, 1.54) is 17.7 Å². The molecule has 1 aliphatic heterocycles. The van der Waals surface area contributed by atoms with Crippen LogP contribution in [0.5, 0.6) is 0 Å². The number of benzene rings is 2. The monoisotopic (exact) mass is 432 g/mol. The Labute approximate surface area is 186 Å². The smallest absolute Gasteiger partial charge is 0.272 e. The Balaban J connectivity index is 1.33. The Bertz CT molecular complexity index is 1160. The molecule has 32 heavy (non-hydrogen) atoms. The summed E-state index contributed by atoms with van der Waals surface area (Å²) in [7, 11) is 0. The Morgan fingerprint density at radius 1 is 1.09 bits per heavy atom. The van der Waals surface area contributed by atoms with E-state index in [9.17, 15) is 14.0 Å². The van der Waals surface area contributed by atoms with Crippen molar-refractivity contribution in [3.8, 4) is 0 Å². The van der Waals surface area contributed by atoms with Crippen LogP contribution in [0.1, 0.15) is 63.0 Å². The lowest BCUT2D eigenvalue weighted by atomic mass is 9.87. The number of hydrogen-bond acceptors (Lipinski definition) is 3. The number of halogens is 1. The van der Waals surface area contributed by atoms with Gasteiger partial charge in [-0.3, -0.25) is 14.3 Å². The van der Waals surface area contributed by atoms with Crippen LogP contribution in [0.3, 0.4) is 0 Å². The molecule has 164 valence electrons. The van der Waals surface area contributed by atoms with Gasteiger partial charge in [0.25, 0.3) is 11.8 Å². The van der Waals surface area contributed by atoms with Crippen LogP contribution in [-0.4, -0.2) is 33.0 Å². The minimum atomic E-state index is -0.301. The third kappa shape index (κ3) is 4.02. The Hall–Kier alpha value is -3.48. The third-order valence-corrected chi connectivity index (χ3v) is 6.28. The van der Waals surface area contributed by atoms with Crippen LogP contribution in [-0.2, 0) is 19.5 Å². The molecule has 2 amide bonds. The van der Waals surface area contributed by atoms with Gasteiger partial charge in [0.15, 0.2) is 5.69 Å². The molecule has 2 aliphatic rings. The molecule has 2 heterocycles. The lowest BCUT2D eigenvalue weighted by Crippen LogP contribution is -2.31. The molecule has 0 bridgehead atoms. The van der Waals surface area contributed by atoms with E-state index in [4.69, 9.17) is 0 Å². The summed E-state index contributed by atoms with van der Waals surface area (Å²) in [6.45, 7) is 1.55. The molecule has 0 spiro atoms. The van der Waals surface area contributed by atoms with Crippen molar-refractivity contribution in [1.82, 2.24) is 20.0 Å². The average molecular weight is 432 g/mol. The maximum atomic E-state index is 13.2. The lowest BCUT2D eigenvalue weighted by molar-refractivity contribution is 0.0745. The molecule has 0 saturated carbocycles. The van der Waals surface area contributed by atoms with Crippen LogP contribution in [0.2, 0.25) is 0 Å². The molecule has 0 saturated heterocycles. The molecule has 1 aromatic heterocycles. The van der Waals surface area contributed by atoms with Crippen molar-refractivity contribution < 1.29 is 14.0 Å². The van der Waals surface area contributed by atoms with E-state index in [0.717, 1.165) is 36.8 Å². The van der Waals surface area contributed by atoms with Crippen molar-refractivity contribution in [1.29, 1.82) is 0 Å². The van der Waals surface area contributed by atoms with Crippen molar-refractivity contribution in [3.05, 3.63) is 88.5 Å². The number of aryl methyl sites for hydroxylation is 2. The Morgan fingerprint density at radius 2 is 1.91 bits per heavy atom. The summed E-state index contributed by atoms with van der Waals surface area (Å²) in [6.07, 6.45) is 3.68. The molecule has 0 radical (unpaired) electrons. The average Bonchev–Trinajstić information content (AvgIpc) is 3.18. The first-order valence-corrected chi connectivity index (χ1v) is 11.1. The molecule has 1 aliphatic carbocycles. The van der Waals surface area contributed by atoms with Gasteiger partial charge in [-0.1, -0.05) is 36.4 Å². The van der Waals surface area contributed by atoms with Gasteiger partial charge in [0.1, 0.15) is 11.5 Å². The van der Waals surface area contributed by atoms with Crippen LogP contribution in [0.15, 0.2) is 54.6 Å². The van der Waals surface area contributed by atoms with Gasteiger partial charge in [-0.25, -0.2) is 4.39 Å². The van der Waals surface area contributed by atoms with Crippen LogP contribution in [0.25, 0.3) is 0 Å². The minimum absolute atomic E-state index is 0.0420. The molecule has 6 nitrogen and oxygen atoms in total. The predicted octanol–water partition coefficient (Wildman–Crippen LogP) is 3.88. The normalized spacial score (nSPS) is 18.0. The summed E-state index contributed by atoms with van der Waals surface area (Å²) in [5.74, 6) is -0.725. The fraction of sp³-hybridized carbons (Fsp3) is 0.320. The standard InChI is InChI=1S/C25H25FN4O2/c26-19-11-9-17(10-12-19)16-29-13-4-14-30-23(25(29)32)15-22(28-30)24(31)27-21-8-3-6-18-5-1-2-7-20(18)21/h1-2,5,7,9-12,15,21H,3-4,6,8,13-14,16H2,(H,27,31)/t21-/m0/s1. The third-order valence-electron chi connectivity index (χ3n) is 6.28. The van der Waals surface area contributed by atoms with E-state index in [-0.39, 0.29) is 29.4 Å². The summed E-state index contributed by atoms with van der Waals surface area (Å²) >= 11 is 0. The lowest BCUT2D eigenvalue weighted by Gasteiger charge is -2.26. The van der Waals surface area contributed by atoms with Crippen molar-refractivity contribution >= 4 is 11.8 Å². The van der Waals surface area contributed by atoms with Crippen molar-refractivity contribution in [2.75, 3.05) is 6.54 Å². The molecule has 1 N–H and O–H groups in total. The number of fused-ring (bicyclic) bond motifs is 2. The number of carbonyl (C=O) groups is 2. The Morgan fingerprint density at radius 3 is 2.75 bits per heavy atom. The first-order valence-electron chi connectivity index (χ1n) is 11.1. The zero-order chi connectivity index (χ0) is 22.1. The van der Waals surface area contributed by atoms with Crippen molar-refractivity contribution in [2.45, 2.75) is 44.8 Å². The number of amides is 2. The van der Waals surface area contributed by atoms with Crippen molar-refractivity contribution in [3.63, 3.8) is 0 Å². The van der Waals surface area contributed by atoms with Gasteiger partial charge in [-0.2, -0.15) is 5.10 Å². The highest BCUT2D eigenvalue weighted by atomic mass is 19.1. The zero-order valence-corrected chi connectivity index (χ0v) is 17.8. The number of nitrogens with zero attached hydrogens (tertiary/aromatic N) is 3. The van der Waals surface area contributed by atoms with Crippen LogP contribution >= 0.6 is 0 Å². The highest BCUT2D eigenvalue weighted by Gasteiger charge is 2.28. The zero-order valence-electron chi connectivity index (χ0n) is 17.8. The fourth-order valence-electron chi connectivity index (χ4n) is 4.64. The first kappa shape index (κ1) is 20.4. The Kier molecular flexibility index (Phi) is 5.47. The summed E-state index contributed by atoms with van der Waals surface area (Å²) in [5, 5.41) is 7.56. The number of aromatic nitrogens is 2. The van der Waals surface area contributed by atoms with Crippen LogP contribution in [0.4, 0.5) is 4.39 Å². The van der Waals surface area contributed by atoms with E-state index >= 15 is 0 Å². The van der Waals surface area contributed by atoms with E-state index < -0.39 is 0 Å². The van der Waals surface area contributed by atoms with E-state index in [1.54, 1.807) is 27.8 Å². The quantitative estimate of drug-likeness (QED) is 0.681. The molecule has 3 aromatic rings. The first-order chi connectivity index (χ1) is 15.6. The SMILES string of the molecule is O=C(N[C@H]1CCCc2ccccc21)c1cc2n(n1)CCCN(Cc1ccc(F)cc1)C2=O. The second-order valence-electron chi connectivity index (χ2n) is 8.46. The number of nitrogens with one attached hydrogen (secondary N) is 1. The summed E-state index contributed by atoms with van der Waals surface area (Å²) < 4.78 is 14.8. The van der Waals surface area contributed by atoms with E-state index in [2.05, 4.69) is 22.5 Å². The highest BCUT2D eigenvalue weighted by Crippen LogP contribution is 2.29. The number of carbonyl (C=O) groups excluding carboxylic acids is 2. The summed E-state index contributed by atoms with van der Waals surface area (Å²) in [4.78, 5) is 27.9. The predicted molar refractivity (Wildman–Crippen MR) is 118 cm³/mol. The second kappa shape index (κ2) is 8.57. The minimum Gasteiger partial charge on any atom is -0.344 e. The van der Waals surface area contributed by atoms with Gasteiger partial charge in [0, 0.05) is 25.7 Å².